The van der Waals surface area contributed by atoms with E-state index in [0.29, 0.717) is 10.5 Å². The second-order valence-corrected chi connectivity index (χ2v) is 8.24. The maximum atomic E-state index is 11.1. The fraction of sp³-hybridized carbons (Fsp3) is 0.0833. The number of carboxylic acid groups (broad SMARTS) is 2. The highest BCUT2D eigenvalue weighted by Crippen LogP contribution is 2.28. The highest BCUT2D eigenvalue weighted by molar-refractivity contribution is 7.99. The molecule has 6 heteroatoms. The summed E-state index contributed by atoms with van der Waals surface area (Å²) in [5, 5.41) is 22.0. The van der Waals surface area contributed by atoms with Crippen LogP contribution in [0.25, 0.3) is 21.5 Å². The predicted molar refractivity (Wildman–Crippen MR) is 125 cm³/mol. The number of carboxylic acids is 2. The first-order valence-electron chi connectivity index (χ1n) is 9.24. The second kappa shape index (κ2) is 9.69. The summed E-state index contributed by atoms with van der Waals surface area (Å²) >= 11 is 5.70. The molecule has 0 bridgehead atoms. The summed E-state index contributed by atoms with van der Waals surface area (Å²) < 4.78 is 0. The highest BCUT2D eigenvalue weighted by atomic mass is 32.2. The lowest BCUT2D eigenvalue weighted by Crippen LogP contribution is -1.99. The van der Waals surface area contributed by atoms with Crippen molar-refractivity contribution >= 4 is 57.9 Å². The smallest absolute Gasteiger partial charge is 0.336 e. The predicted octanol–water partition coefficient (Wildman–Crippen LogP) is 6.48. The van der Waals surface area contributed by atoms with Crippen LogP contribution >= 0.6 is 24.4 Å². The number of hydrogen-bond acceptors (Lipinski definition) is 4. The zero-order valence-electron chi connectivity index (χ0n) is 16.2. The Morgan fingerprint density at radius 1 is 0.767 bits per heavy atom. The van der Waals surface area contributed by atoms with Gasteiger partial charge >= 0.3 is 11.9 Å². The minimum atomic E-state index is -0.944. The van der Waals surface area contributed by atoms with E-state index in [-0.39, 0.29) is 5.56 Å². The van der Waals surface area contributed by atoms with Gasteiger partial charge in [0, 0.05) is 9.79 Å². The number of thioether (sulfide) groups is 1. The SMILES string of the molecule is CCSc1cc2ccccc2cc1C(=O)O.O=C(O)c1cc2ccccc2cc1S. The minimum Gasteiger partial charge on any atom is -0.478 e. The van der Waals surface area contributed by atoms with Crippen LogP contribution in [0.2, 0.25) is 0 Å². The van der Waals surface area contributed by atoms with Crippen molar-refractivity contribution in [2.45, 2.75) is 16.7 Å². The number of aromatic carboxylic acids is 2. The van der Waals surface area contributed by atoms with Crippen molar-refractivity contribution < 1.29 is 19.8 Å². The quantitative estimate of drug-likeness (QED) is 0.252. The number of thiol groups is 1. The molecule has 30 heavy (non-hydrogen) atoms. The van der Waals surface area contributed by atoms with Crippen LogP contribution in [-0.4, -0.2) is 27.9 Å². The molecule has 0 fully saturated rings. The molecule has 0 aliphatic carbocycles. The van der Waals surface area contributed by atoms with Gasteiger partial charge < -0.3 is 10.2 Å². The summed E-state index contributed by atoms with van der Waals surface area (Å²) in [5.41, 5.74) is 0.637. The molecular weight excluding hydrogens is 416 g/mol. The molecule has 0 aliphatic rings. The summed E-state index contributed by atoms with van der Waals surface area (Å²) in [4.78, 5) is 23.3. The number of fused-ring (bicyclic) bond motifs is 2. The van der Waals surface area contributed by atoms with Crippen molar-refractivity contribution in [3.8, 4) is 0 Å². The third-order valence-electron chi connectivity index (χ3n) is 4.47. The zero-order valence-corrected chi connectivity index (χ0v) is 17.9. The monoisotopic (exact) mass is 436 g/mol. The standard InChI is InChI=1S/C13H12O2S.C11H8O2S/c1-2-16-12-8-10-6-4-3-5-9(10)7-11(12)13(14)15;12-11(13)9-5-7-3-1-2-4-8(7)6-10(9)14/h3-8H,2H2,1H3,(H,14,15);1-6,14H,(H,12,13). The average Bonchev–Trinajstić information content (AvgIpc) is 2.73. The lowest BCUT2D eigenvalue weighted by Gasteiger charge is -2.06. The Labute approximate surface area is 184 Å². The van der Waals surface area contributed by atoms with Crippen LogP contribution in [0.5, 0.6) is 0 Å². The van der Waals surface area contributed by atoms with Gasteiger partial charge in [-0.2, -0.15) is 0 Å². The van der Waals surface area contributed by atoms with Crippen molar-refractivity contribution in [2.24, 2.45) is 0 Å². The first-order chi connectivity index (χ1) is 14.4. The molecule has 0 heterocycles. The van der Waals surface area contributed by atoms with Gasteiger partial charge in [-0.1, -0.05) is 55.5 Å². The molecule has 4 rings (SSSR count). The van der Waals surface area contributed by atoms with E-state index in [1.54, 1.807) is 30.0 Å². The van der Waals surface area contributed by atoms with Gasteiger partial charge in [-0.05, 0) is 51.6 Å². The maximum Gasteiger partial charge on any atom is 0.336 e. The van der Waals surface area contributed by atoms with Gasteiger partial charge in [0.05, 0.1) is 11.1 Å². The molecule has 0 atom stereocenters. The Balaban J connectivity index is 0.000000172. The summed E-state index contributed by atoms with van der Waals surface area (Å²) in [6.45, 7) is 2.02. The molecule has 0 saturated heterocycles. The Bertz CT molecular complexity index is 1230. The van der Waals surface area contributed by atoms with E-state index < -0.39 is 11.9 Å². The van der Waals surface area contributed by atoms with Gasteiger partial charge in [0.2, 0.25) is 0 Å². The molecule has 0 aromatic heterocycles. The first-order valence-corrected chi connectivity index (χ1v) is 10.7. The first kappa shape index (κ1) is 21.7. The van der Waals surface area contributed by atoms with Gasteiger partial charge in [0.15, 0.2) is 0 Å². The van der Waals surface area contributed by atoms with E-state index in [1.807, 2.05) is 61.5 Å². The molecule has 0 aliphatic heterocycles. The molecule has 0 spiro atoms. The molecule has 0 unspecified atom stereocenters. The Morgan fingerprint density at radius 2 is 1.20 bits per heavy atom. The molecule has 0 saturated carbocycles. The third-order valence-corrected chi connectivity index (χ3v) is 5.78. The number of carbonyl (C=O) groups is 2. The molecule has 4 nitrogen and oxygen atoms in total. The van der Waals surface area contributed by atoms with E-state index >= 15 is 0 Å². The van der Waals surface area contributed by atoms with Crippen LogP contribution in [0.4, 0.5) is 0 Å². The van der Waals surface area contributed by atoms with Gasteiger partial charge in [-0.15, -0.1) is 24.4 Å². The van der Waals surface area contributed by atoms with Crippen LogP contribution in [0, 0.1) is 0 Å². The summed E-state index contributed by atoms with van der Waals surface area (Å²) in [6.07, 6.45) is 0. The molecule has 152 valence electrons. The van der Waals surface area contributed by atoms with Crippen molar-refractivity contribution in [1.29, 1.82) is 0 Å². The van der Waals surface area contributed by atoms with E-state index in [4.69, 9.17) is 10.2 Å². The molecular formula is C24H20O4S2. The van der Waals surface area contributed by atoms with Crippen molar-refractivity contribution in [2.75, 3.05) is 5.75 Å². The topological polar surface area (TPSA) is 74.6 Å². The molecule has 0 radical (unpaired) electrons. The van der Waals surface area contributed by atoms with E-state index in [0.717, 1.165) is 32.2 Å². The van der Waals surface area contributed by atoms with Crippen molar-refractivity contribution in [1.82, 2.24) is 0 Å². The fourth-order valence-electron chi connectivity index (χ4n) is 3.06. The molecule has 4 aromatic rings. The van der Waals surface area contributed by atoms with Crippen LogP contribution in [-0.2, 0) is 0 Å². The van der Waals surface area contributed by atoms with Crippen molar-refractivity contribution in [3.05, 3.63) is 83.9 Å². The molecule has 0 amide bonds. The van der Waals surface area contributed by atoms with Gasteiger partial charge in [0.25, 0.3) is 0 Å². The Kier molecular flexibility index (Phi) is 7.03. The number of rotatable bonds is 4. The lowest BCUT2D eigenvalue weighted by molar-refractivity contribution is 0.0682. The van der Waals surface area contributed by atoms with Crippen LogP contribution in [0.1, 0.15) is 27.6 Å². The van der Waals surface area contributed by atoms with Crippen LogP contribution in [0.3, 0.4) is 0 Å². The fourth-order valence-corrected chi connectivity index (χ4v) is 4.18. The molecule has 2 N–H and O–H groups in total. The van der Waals surface area contributed by atoms with Gasteiger partial charge in [0.1, 0.15) is 0 Å². The zero-order chi connectivity index (χ0) is 21.7. The summed E-state index contributed by atoms with van der Waals surface area (Å²) in [6, 6.07) is 22.5. The summed E-state index contributed by atoms with van der Waals surface area (Å²) in [5.74, 6) is -0.930. The number of hydrogen-bond donors (Lipinski definition) is 3. The Hall–Kier alpha value is -2.96. The second-order valence-electron chi connectivity index (χ2n) is 6.46. The van der Waals surface area contributed by atoms with E-state index in [2.05, 4.69) is 12.6 Å². The largest absolute Gasteiger partial charge is 0.478 e. The maximum absolute atomic E-state index is 11.1. The highest BCUT2D eigenvalue weighted by Gasteiger charge is 2.11. The van der Waals surface area contributed by atoms with Crippen LogP contribution in [0.15, 0.2) is 82.6 Å². The summed E-state index contributed by atoms with van der Waals surface area (Å²) in [7, 11) is 0. The van der Waals surface area contributed by atoms with Gasteiger partial charge in [-0.25, -0.2) is 9.59 Å². The minimum absolute atomic E-state index is 0.243. The lowest BCUT2D eigenvalue weighted by atomic mass is 10.1. The number of benzene rings is 4. The van der Waals surface area contributed by atoms with E-state index in [1.165, 1.54) is 0 Å². The van der Waals surface area contributed by atoms with Crippen LogP contribution < -0.4 is 0 Å². The third kappa shape index (κ3) is 4.96. The van der Waals surface area contributed by atoms with Gasteiger partial charge in [-0.3, -0.25) is 0 Å². The molecule has 4 aromatic carbocycles. The normalized spacial score (nSPS) is 10.5. The van der Waals surface area contributed by atoms with Crippen molar-refractivity contribution in [3.63, 3.8) is 0 Å². The van der Waals surface area contributed by atoms with E-state index in [9.17, 15) is 9.59 Å². The Morgan fingerprint density at radius 3 is 1.67 bits per heavy atom. The average molecular weight is 437 g/mol.